The molecule has 2 heterocycles. The molecule has 30 heavy (non-hydrogen) atoms. The molecule has 1 unspecified atom stereocenters. The van der Waals surface area contributed by atoms with Gasteiger partial charge in [0.15, 0.2) is 5.75 Å². The van der Waals surface area contributed by atoms with Crippen molar-refractivity contribution in [3.05, 3.63) is 59.0 Å². The normalized spacial score (nSPS) is 15.6. The Morgan fingerprint density at radius 3 is 2.77 bits per heavy atom. The number of hydrogen-bond acceptors (Lipinski definition) is 6. The molecule has 0 aliphatic carbocycles. The van der Waals surface area contributed by atoms with E-state index in [-0.39, 0.29) is 34.3 Å². The second kappa shape index (κ2) is 7.84. The van der Waals surface area contributed by atoms with Crippen molar-refractivity contribution in [1.82, 2.24) is 9.97 Å². The van der Waals surface area contributed by atoms with E-state index in [1.165, 1.54) is 18.3 Å². The standard InChI is InChI=1S/C22H20ClN3O4/c1-12-3-4-13-9-14(20-19(30-2)11-24-22(23)25-20)5-8-17(13)26(12)21(29)16-7-6-15(27)10-18(16)28/h5-12,27-28H,3-4H2,1-2H3. The minimum Gasteiger partial charge on any atom is -0.508 e. The molecule has 1 aliphatic heterocycles. The Labute approximate surface area is 178 Å². The molecule has 2 aromatic carbocycles. The quantitative estimate of drug-likeness (QED) is 0.610. The Kier molecular flexibility index (Phi) is 5.22. The molecular formula is C22H20ClN3O4. The van der Waals surface area contributed by atoms with Crippen LogP contribution in [0.3, 0.4) is 0 Å². The SMILES string of the molecule is COc1cnc(Cl)nc1-c1ccc2c(c1)CCC(C)N2C(=O)c1ccc(O)cc1O. The lowest BCUT2D eigenvalue weighted by Crippen LogP contribution is -2.42. The highest BCUT2D eigenvalue weighted by atomic mass is 35.5. The number of aryl methyl sites for hydroxylation is 1. The molecule has 0 saturated heterocycles. The molecule has 1 aliphatic rings. The lowest BCUT2D eigenvalue weighted by Gasteiger charge is -2.35. The van der Waals surface area contributed by atoms with Crippen LogP contribution in [-0.2, 0) is 6.42 Å². The van der Waals surface area contributed by atoms with E-state index in [1.54, 1.807) is 12.0 Å². The summed E-state index contributed by atoms with van der Waals surface area (Å²) in [7, 11) is 1.54. The smallest absolute Gasteiger partial charge is 0.262 e. The van der Waals surface area contributed by atoms with E-state index < -0.39 is 0 Å². The van der Waals surface area contributed by atoms with Crippen molar-refractivity contribution in [2.75, 3.05) is 12.0 Å². The molecule has 3 aromatic rings. The maximum absolute atomic E-state index is 13.2. The molecule has 0 fully saturated rings. The number of nitrogens with zero attached hydrogens (tertiary/aromatic N) is 3. The molecule has 7 nitrogen and oxygen atoms in total. The number of carbonyl (C=O) groups is 1. The molecule has 154 valence electrons. The fraction of sp³-hybridized carbons (Fsp3) is 0.227. The van der Waals surface area contributed by atoms with Gasteiger partial charge in [-0.15, -0.1) is 0 Å². The van der Waals surface area contributed by atoms with Crippen LogP contribution in [0.2, 0.25) is 5.28 Å². The minimum absolute atomic E-state index is 0.0490. The number of carbonyl (C=O) groups excluding carboxylic acids is 1. The van der Waals surface area contributed by atoms with Gasteiger partial charge in [0.1, 0.15) is 17.2 Å². The van der Waals surface area contributed by atoms with Gasteiger partial charge in [-0.1, -0.05) is 6.07 Å². The number of aromatic hydroxyl groups is 2. The number of halogens is 1. The van der Waals surface area contributed by atoms with Crippen molar-refractivity contribution in [1.29, 1.82) is 0 Å². The van der Waals surface area contributed by atoms with Crippen molar-refractivity contribution < 1.29 is 19.7 Å². The summed E-state index contributed by atoms with van der Waals surface area (Å²) in [4.78, 5) is 23.2. The number of benzene rings is 2. The summed E-state index contributed by atoms with van der Waals surface area (Å²) in [5.74, 6) is -0.170. The molecule has 2 N–H and O–H groups in total. The van der Waals surface area contributed by atoms with Crippen LogP contribution in [0.5, 0.6) is 17.2 Å². The molecule has 8 heteroatoms. The van der Waals surface area contributed by atoms with Crippen molar-refractivity contribution in [3.63, 3.8) is 0 Å². The highest BCUT2D eigenvalue weighted by molar-refractivity contribution is 6.28. The van der Waals surface area contributed by atoms with Crippen molar-refractivity contribution in [3.8, 4) is 28.5 Å². The lowest BCUT2D eigenvalue weighted by atomic mass is 9.93. The summed E-state index contributed by atoms with van der Waals surface area (Å²) >= 11 is 5.97. The lowest BCUT2D eigenvalue weighted by molar-refractivity contribution is 0.0972. The molecule has 0 bridgehead atoms. The average Bonchev–Trinajstić information content (AvgIpc) is 2.73. The Morgan fingerprint density at radius 1 is 1.23 bits per heavy atom. The maximum Gasteiger partial charge on any atom is 0.262 e. The summed E-state index contributed by atoms with van der Waals surface area (Å²) in [6.45, 7) is 1.97. The zero-order chi connectivity index (χ0) is 21.4. The molecule has 0 saturated carbocycles. The predicted molar refractivity (Wildman–Crippen MR) is 113 cm³/mol. The Hall–Kier alpha value is -3.32. The number of phenolic OH excluding ortho intramolecular Hbond substituents is 2. The van der Waals surface area contributed by atoms with E-state index >= 15 is 0 Å². The van der Waals surface area contributed by atoms with Crippen LogP contribution in [0.25, 0.3) is 11.3 Å². The number of ether oxygens (including phenoxy) is 1. The Bertz CT molecular complexity index is 1140. The number of hydrogen-bond donors (Lipinski definition) is 2. The number of anilines is 1. The van der Waals surface area contributed by atoms with E-state index in [0.717, 1.165) is 35.7 Å². The van der Waals surface area contributed by atoms with Gasteiger partial charge >= 0.3 is 0 Å². The monoisotopic (exact) mass is 425 g/mol. The van der Waals surface area contributed by atoms with Crippen LogP contribution in [0.15, 0.2) is 42.6 Å². The molecule has 1 amide bonds. The number of phenols is 2. The zero-order valence-corrected chi connectivity index (χ0v) is 17.2. The number of methoxy groups -OCH3 is 1. The molecule has 1 atom stereocenters. The molecule has 4 rings (SSSR count). The molecule has 0 radical (unpaired) electrons. The van der Waals surface area contributed by atoms with Crippen molar-refractivity contribution in [2.24, 2.45) is 0 Å². The van der Waals surface area contributed by atoms with Crippen LogP contribution in [0, 0.1) is 0 Å². The van der Waals surface area contributed by atoms with Gasteiger partial charge in [0.25, 0.3) is 5.91 Å². The van der Waals surface area contributed by atoms with Gasteiger partial charge in [0, 0.05) is 23.4 Å². The first-order valence-electron chi connectivity index (χ1n) is 9.44. The molecular weight excluding hydrogens is 406 g/mol. The van der Waals surface area contributed by atoms with Crippen LogP contribution in [0.4, 0.5) is 5.69 Å². The van der Waals surface area contributed by atoms with E-state index in [1.807, 2.05) is 25.1 Å². The minimum atomic E-state index is -0.323. The zero-order valence-electron chi connectivity index (χ0n) is 16.5. The largest absolute Gasteiger partial charge is 0.508 e. The summed E-state index contributed by atoms with van der Waals surface area (Å²) in [5, 5.41) is 19.8. The van der Waals surface area contributed by atoms with Crippen LogP contribution >= 0.6 is 11.6 Å². The van der Waals surface area contributed by atoms with Crippen LogP contribution in [-0.4, -0.2) is 39.2 Å². The first-order chi connectivity index (χ1) is 14.4. The second-order valence-corrected chi connectivity index (χ2v) is 7.50. The fourth-order valence-electron chi connectivity index (χ4n) is 3.74. The molecule has 1 aromatic heterocycles. The topological polar surface area (TPSA) is 95.8 Å². The van der Waals surface area contributed by atoms with Crippen LogP contribution in [0.1, 0.15) is 29.3 Å². The molecule has 0 spiro atoms. The highest BCUT2D eigenvalue weighted by Gasteiger charge is 2.31. The summed E-state index contributed by atoms with van der Waals surface area (Å²) < 4.78 is 5.36. The van der Waals surface area contributed by atoms with Gasteiger partial charge in [-0.05, 0) is 61.2 Å². The van der Waals surface area contributed by atoms with Gasteiger partial charge in [-0.25, -0.2) is 9.97 Å². The third-order valence-electron chi connectivity index (χ3n) is 5.26. The third kappa shape index (κ3) is 3.52. The first-order valence-corrected chi connectivity index (χ1v) is 9.82. The third-order valence-corrected chi connectivity index (χ3v) is 5.44. The summed E-state index contributed by atoms with van der Waals surface area (Å²) in [6.07, 6.45) is 3.08. The fourth-order valence-corrected chi connectivity index (χ4v) is 3.88. The van der Waals surface area contributed by atoms with Gasteiger partial charge < -0.3 is 19.8 Å². The van der Waals surface area contributed by atoms with Gasteiger partial charge in [0.2, 0.25) is 5.28 Å². The van der Waals surface area contributed by atoms with E-state index in [9.17, 15) is 15.0 Å². The Balaban J connectivity index is 1.76. The van der Waals surface area contributed by atoms with E-state index in [2.05, 4.69) is 9.97 Å². The van der Waals surface area contributed by atoms with Crippen molar-refractivity contribution >= 4 is 23.2 Å². The van der Waals surface area contributed by atoms with Gasteiger partial charge in [-0.2, -0.15) is 0 Å². The number of aromatic nitrogens is 2. The number of fused-ring (bicyclic) bond motifs is 1. The van der Waals surface area contributed by atoms with E-state index in [0.29, 0.717) is 11.4 Å². The number of rotatable bonds is 3. The average molecular weight is 426 g/mol. The maximum atomic E-state index is 13.2. The number of amides is 1. The Morgan fingerprint density at radius 2 is 2.03 bits per heavy atom. The summed E-state index contributed by atoms with van der Waals surface area (Å²) in [5.41, 5.74) is 3.28. The van der Waals surface area contributed by atoms with Gasteiger partial charge in [-0.3, -0.25) is 4.79 Å². The predicted octanol–water partition coefficient (Wildman–Crippen LogP) is 4.20. The van der Waals surface area contributed by atoms with Gasteiger partial charge in [0.05, 0.1) is 18.9 Å². The second-order valence-electron chi connectivity index (χ2n) is 7.16. The van der Waals surface area contributed by atoms with Crippen molar-refractivity contribution in [2.45, 2.75) is 25.8 Å². The van der Waals surface area contributed by atoms with Crippen LogP contribution < -0.4 is 9.64 Å². The first kappa shape index (κ1) is 20.0. The van der Waals surface area contributed by atoms with E-state index in [4.69, 9.17) is 16.3 Å². The highest BCUT2D eigenvalue weighted by Crippen LogP contribution is 2.38. The summed E-state index contributed by atoms with van der Waals surface area (Å²) in [6, 6.07) is 9.62.